The van der Waals surface area contributed by atoms with Crippen LogP contribution in [-0.4, -0.2) is 5.91 Å². The molecule has 1 fully saturated rings. The van der Waals surface area contributed by atoms with Gasteiger partial charge in [-0.3, -0.25) is 4.79 Å². The third kappa shape index (κ3) is 4.64. The van der Waals surface area contributed by atoms with Gasteiger partial charge in [-0.1, -0.05) is 66.2 Å². The molecule has 0 atom stereocenters. The van der Waals surface area contributed by atoms with E-state index in [1.54, 1.807) is 0 Å². The van der Waals surface area contributed by atoms with Crippen LogP contribution in [0.1, 0.15) is 50.5 Å². The van der Waals surface area contributed by atoms with E-state index in [1.165, 1.54) is 32.1 Å². The maximum absolute atomic E-state index is 12.2. The van der Waals surface area contributed by atoms with Crippen molar-refractivity contribution < 1.29 is 4.79 Å². The van der Waals surface area contributed by atoms with Gasteiger partial charge in [-0.25, -0.2) is 0 Å². The molecule has 2 rings (SSSR count). The summed E-state index contributed by atoms with van der Waals surface area (Å²) in [5, 5.41) is 3.09. The maximum atomic E-state index is 12.2. The summed E-state index contributed by atoms with van der Waals surface area (Å²) in [6.07, 6.45) is 8.43. The van der Waals surface area contributed by atoms with Gasteiger partial charge in [-0.05, 0) is 24.5 Å². The molecule has 0 saturated heterocycles. The smallest absolute Gasteiger partial charge is 0.223 e. The SMILES string of the molecule is O=C(NCc1ccccc1Br)C1CCCCCCC1. The zero-order valence-electron chi connectivity index (χ0n) is 11.3. The number of nitrogens with one attached hydrogen (secondary N) is 1. The van der Waals surface area contributed by atoms with Crippen LogP contribution >= 0.6 is 15.9 Å². The Hall–Kier alpha value is -0.830. The van der Waals surface area contributed by atoms with Gasteiger partial charge in [0.1, 0.15) is 0 Å². The summed E-state index contributed by atoms with van der Waals surface area (Å²) < 4.78 is 1.06. The van der Waals surface area contributed by atoms with Crippen molar-refractivity contribution in [1.82, 2.24) is 5.32 Å². The summed E-state index contributed by atoms with van der Waals surface area (Å²) in [7, 11) is 0. The molecule has 3 heteroatoms. The van der Waals surface area contributed by atoms with E-state index in [0.717, 1.165) is 22.9 Å². The number of hydrogen-bond acceptors (Lipinski definition) is 1. The number of benzene rings is 1. The molecular formula is C16H22BrNO. The molecule has 0 spiro atoms. The number of hydrogen-bond donors (Lipinski definition) is 1. The Balaban J connectivity index is 1.84. The largest absolute Gasteiger partial charge is 0.352 e. The minimum absolute atomic E-state index is 0.225. The first-order chi connectivity index (χ1) is 9.27. The second-order valence-corrected chi connectivity index (χ2v) is 6.21. The number of carbonyl (C=O) groups excluding carboxylic acids is 1. The molecule has 0 bridgehead atoms. The Morgan fingerprint density at radius 3 is 2.42 bits per heavy atom. The second-order valence-electron chi connectivity index (χ2n) is 5.35. The van der Waals surface area contributed by atoms with Gasteiger partial charge in [0, 0.05) is 16.9 Å². The molecule has 0 radical (unpaired) electrons. The van der Waals surface area contributed by atoms with Crippen molar-refractivity contribution in [1.29, 1.82) is 0 Å². The molecule has 1 N–H and O–H groups in total. The fraction of sp³-hybridized carbons (Fsp3) is 0.562. The van der Waals surface area contributed by atoms with Crippen molar-refractivity contribution in [3.63, 3.8) is 0 Å². The van der Waals surface area contributed by atoms with E-state index in [-0.39, 0.29) is 11.8 Å². The molecule has 104 valence electrons. The predicted molar refractivity (Wildman–Crippen MR) is 81.8 cm³/mol. The lowest BCUT2D eigenvalue weighted by Crippen LogP contribution is -2.30. The molecule has 0 aliphatic heterocycles. The van der Waals surface area contributed by atoms with Crippen LogP contribution in [-0.2, 0) is 11.3 Å². The van der Waals surface area contributed by atoms with Crippen LogP contribution in [0.5, 0.6) is 0 Å². The van der Waals surface area contributed by atoms with E-state index < -0.39 is 0 Å². The Bertz CT molecular complexity index is 411. The summed E-state index contributed by atoms with van der Waals surface area (Å²) in [5.74, 6) is 0.459. The third-order valence-electron chi connectivity index (χ3n) is 3.89. The molecule has 0 heterocycles. The summed E-state index contributed by atoms with van der Waals surface area (Å²) in [6, 6.07) is 8.05. The van der Waals surface area contributed by atoms with E-state index in [4.69, 9.17) is 0 Å². The second kappa shape index (κ2) is 7.68. The van der Waals surface area contributed by atoms with Gasteiger partial charge in [0.05, 0.1) is 0 Å². The predicted octanol–water partition coefficient (Wildman–Crippen LogP) is 4.43. The number of carbonyl (C=O) groups is 1. The Labute approximate surface area is 124 Å². The van der Waals surface area contributed by atoms with Crippen molar-refractivity contribution in [2.45, 2.75) is 51.5 Å². The van der Waals surface area contributed by atoms with Crippen LogP contribution in [0.15, 0.2) is 28.7 Å². The highest BCUT2D eigenvalue weighted by Gasteiger charge is 2.18. The van der Waals surface area contributed by atoms with Gasteiger partial charge in [0.25, 0.3) is 0 Å². The molecule has 1 aromatic rings. The topological polar surface area (TPSA) is 29.1 Å². The Morgan fingerprint density at radius 2 is 1.74 bits per heavy atom. The fourth-order valence-corrected chi connectivity index (χ4v) is 3.11. The summed E-state index contributed by atoms with van der Waals surface area (Å²) in [4.78, 5) is 12.2. The van der Waals surface area contributed by atoms with Gasteiger partial charge < -0.3 is 5.32 Å². The lowest BCUT2D eigenvalue weighted by Gasteiger charge is -2.19. The zero-order valence-corrected chi connectivity index (χ0v) is 12.9. The molecule has 2 nitrogen and oxygen atoms in total. The highest BCUT2D eigenvalue weighted by atomic mass is 79.9. The third-order valence-corrected chi connectivity index (χ3v) is 4.66. The van der Waals surface area contributed by atoms with Crippen LogP contribution in [0.2, 0.25) is 0 Å². The van der Waals surface area contributed by atoms with Crippen molar-refractivity contribution >= 4 is 21.8 Å². The van der Waals surface area contributed by atoms with Gasteiger partial charge in [0.2, 0.25) is 5.91 Å². The van der Waals surface area contributed by atoms with Crippen LogP contribution in [0, 0.1) is 5.92 Å². The average Bonchev–Trinajstić information content (AvgIpc) is 2.37. The average molecular weight is 324 g/mol. The number of rotatable bonds is 3. The van der Waals surface area contributed by atoms with Crippen LogP contribution in [0.25, 0.3) is 0 Å². The van der Waals surface area contributed by atoms with Crippen molar-refractivity contribution in [3.05, 3.63) is 34.3 Å². The molecule has 1 amide bonds. The Morgan fingerprint density at radius 1 is 1.11 bits per heavy atom. The minimum atomic E-state index is 0.225. The van der Waals surface area contributed by atoms with Gasteiger partial charge >= 0.3 is 0 Å². The summed E-state index contributed by atoms with van der Waals surface area (Å²) in [6.45, 7) is 0.622. The number of amides is 1. The maximum Gasteiger partial charge on any atom is 0.223 e. The zero-order chi connectivity index (χ0) is 13.5. The van der Waals surface area contributed by atoms with Gasteiger partial charge in [0.15, 0.2) is 0 Å². The number of halogens is 1. The van der Waals surface area contributed by atoms with Gasteiger partial charge in [-0.2, -0.15) is 0 Å². The standard InChI is InChI=1S/C16H22BrNO/c17-15-11-7-6-10-14(15)12-18-16(19)13-8-4-2-1-3-5-9-13/h6-7,10-11,13H,1-5,8-9,12H2,(H,18,19). The molecule has 1 aliphatic carbocycles. The van der Waals surface area contributed by atoms with E-state index in [1.807, 2.05) is 24.3 Å². The quantitative estimate of drug-likeness (QED) is 0.876. The van der Waals surface area contributed by atoms with Crippen molar-refractivity contribution in [2.24, 2.45) is 5.92 Å². The normalized spacial score (nSPS) is 17.5. The highest BCUT2D eigenvalue weighted by molar-refractivity contribution is 9.10. The molecule has 1 saturated carbocycles. The van der Waals surface area contributed by atoms with Crippen molar-refractivity contribution in [2.75, 3.05) is 0 Å². The minimum Gasteiger partial charge on any atom is -0.352 e. The summed E-state index contributed by atoms with van der Waals surface area (Å²) >= 11 is 3.51. The Kier molecular flexibility index (Phi) is 5.90. The van der Waals surface area contributed by atoms with E-state index >= 15 is 0 Å². The monoisotopic (exact) mass is 323 g/mol. The lowest BCUT2D eigenvalue weighted by molar-refractivity contribution is -0.125. The highest BCUT2D eigenvalue weighted by Crippen LogP contribution is 2.22. The molecular weight excluding hydrogens is 302 g/mol. The molecule has 1 aromatic carbocycles. The van der Waals surface area contributed by atoms with Crippen LogP contribution in [0.4, 0.5) is 0 Å². The van der Waals surface area contributed by atoms with Gasteiger partial charge in [-0.15, -0.1) is 0 Å². The first-order valence-electron chi connectivity index (χ1n) is 7.28. The molecule has 1 aliphatic rings. The first kappa shape index (κ1) is 14.6. The first-order valence-corrected chi connectivity index (χ1v) is 8.08. The molecule has 0 unspecified atom stereocenters. The summed E-state index contributed by atoms with van der Waals surface area (Å²) in [5.41, 5.74) is 1.14. The van der Waals surface area contributed by atoms with Crippen molar-refractivity contribution in [3.8, 4) is 0 Å². The van der Waals surface area contributed by atoms with E-state index in [0.29, 0.717) is 6.54 Å². The van der Waals surface area contributed by atoms with Crippen LogP contribution < -0.4 is 5.32 Å². The fourth-order valence-electron chi connectivity index (χ4n) is 2.69. The van der Waals surface area contributed by atoms with E-state index in [2.05, 4.69) is 21.2 Å². The van der Waals surface area contributed by atoms with E-state index in [9.17, 15) is 4.79 Å². The lowest BCUT2D eigenvalue weighted by atomic mass is 9.90. The van der Waals surface area contributed by atoms with Crippen LogP contribution in [0.3, 0.4) is 0 Å². The molecule has 0 aromatic heterocycles. The molecule has 19 heavy (non-hydrogen) atoms.